The van der Waals surface area contributed by atoms with Gasteiger partial charge in [-0.2, -0.15) is 0 Å². The molecule has 27 heavy (non-hydrogen) atoms. The van der Waals surface area contributed by atoms with E-state index in [2.05, 4.69) is 10.6 Å². The van der Waals surface area contributed by atoms with E-state index in [0.717, 1.165) is 12.0 Å². The summed E-state index contributed by atoms with van der Waals surface area (Å²) in [6.45, 7) is 4.16. The molecule has 7 heteroatoms. The van der Waals surface area contributed by atoms with Crippen molar-refractivity contribution in [1.29, 1.82) is 0 Å². The number of imide groups is 1. The summed E-state index contributed by atoms with van der Waals surface area (Å²) in [6.07, 6.45) is 1.81. The van der Waals surface area contributed by atoms with Gasteiger partial charge < -0.3 is 15.7 Å². The van der Waals surface area contributed by atoms with Gasteiger partial charge in [-0.1, -0.05) is 50.6 Å². The second kappa shape index (κ2) is 10.1. The molecule has 1 aromatic carbocycles. The molecule has 7 nitrogen and oxygen atoms in total. The molecule has 1 aliphatic rings. The van der Waals surface area contributed by atoms with Crippen LogP contribution in [-0.2, 0) is 16.0 Å². The van der Waals surface area contributed by atoms with Crippen molar-refractivity contribution in [2.45, 2.75) is 51.6 Å². The molecular formula is C20H29N3O4. The normalized spacial score (nSPS) is 18.9. The van der Waals surface area contributed by atoms with Crippen molar-refractivity contribution in [1.82, 2.24) is 15.5 Å². The lowest BCUT2D eigenvalue weighted by molar-refractivity contribution is -0.127. The van der Waals surface area contributed by atoms with E-state index in [0.29, 0.717) is 13.0 Å². The summed E-state index contributed by atoms with van der Waals surface area (Å²) < 4.78 is 0. The lowest BCUT2D eigenvalue weighted by Gasteiger charge is -2.22. The highest BCUT2D eigenvalue weighted by Gasteiger charge is 2.37. The van der Waals surface area contributed by atoms with Crippen LogP contribution in [-0.4, -0.2) is 53.1 Å². The standard InChI is InChI=1S/C20H29N3O4/c1-3-14(2)17(13-24)21-18(25)10-9-16-19(26)23(20(27)22-16)12-11-15-7-5-4-6-8-15/h4-8,14,16-17,24H,3,9-13H2,1-2H3,(H,21,25)(H,22,27)/t14-,16+,17-/m1/s1. The van der Waals surface area contributed by atoms with Gasteiger partial charge in [0, 0.05) is 13.0 Å². The minimum absolute atomic E-state index is 0.118. The molecule has 3 atom stereocenters. The fraction of sp³-hybridized carbons (Fsp3) is 0.550. The summed E-state index contributed by atoms with van der Waals surface area (Å²) in [5.41, 5.74) is 1.06. The molecule has 2 rings (SSSR count). The zero-order valence-electron chi connectivity index (χ0n) is 16.0. The molecular weight excluding hydrogens is 346 g/mol. The van der Waals surface area contributed by atoms with Crippen molar-refractivity contribution in [2.24, 2.45) is 5.92 Å². The van der Waals surface area contributed by atoms with Gasteiger partial charge in [0.1, 0.15) is 6.04 Å². The van der Waals surface area contributed by atoms with E-state index in [1.807, 2.05) is 44.2 Å². The number of nitrogens with zero attached hydrogens (tertiary/aromatic N) is 1. The van der Waals surface area contributed by atoms with Crippen LogP contribution < -0.4 is 10.6 Å². The molecule has 1 heterocycles. The molecule has 0 aromatic heterocycles. The summed E-state index contributed by atoms with van der Waals surface area (Å²) in [5.74, 6) is -0.344. The Hall–Kier alpha value is -2.41. The van der Waals surface area contributed by atoms with Gasteiger partial charge >= 0.3 is 6.03 Å². The number of hydrogen-bond acceptors (Lipinski definition) is 4. The maximum absolute atomic E-state index is 12.5. The second-order valence-electron chi connectivity index (χ2n) is 7.01. The average Bonchev–Trinajstić information content (AvgIpc) is 2.96. The summed E-state index contributed by atoms with van der Waals surface area (Å²) in [6, 6.07) is 8.29. The summed E-state index contributed by atoms with van der Waals surface area (Å²) in [4.78, 5) is 37.9. The van der Waals surface area contributed by atoms with Crippen LogP contribution in [0.15, 0.2) is 30.3 Å². The first kappa shape index (κ1) is 20.9. The van der Waals surface area contributed by atoms with E-state index in [1.165, 1.54) is 4.90 Å². The highest BCUT2D eigenvalue weighted by atomic mass is 16.3. The van der Waals surface area contributed by atoms with Gasteiger partial charge in [0.2, 0.25) is 5.91 Å². The molecule has 1 fully saturated rings. The number of aliphatic hydroxyl groups excluding tert-OH is 1. The molecule has 1 aromatic rings. The van der Waals surface area contributed by atoms with Gasteiger partial charge in [-0.05, 0) is 24.3 Å². The van der Waals surface area contributed by atoms with E-state index in [4.69, 9.17) is 0 Å². The Labute approximate surface area is 160 Å². The monoisotopic (exact) mass is 375 g/mol. The predicted molar refractivity (Wildman–Crippen MR) is 102 cm³/mol. The van der Waals surface area contributed by atoms with Gasteiger partial charge in [-0.25, -0.2) is 4.79 Å². The van der Waals surface area contributed by atoms with Gasteiger partial charge in [0.25, 0.3) is 5.91 Å². The van der Waals surface area contributed by atoms with Crippen LogP contribution in [0.25, 0.3) is 0 Å². The van der Waals surface area contributed by atoms with Crippen LogP contribution in [0.3, 0.4) is 0 Å². The van der Waals surface area contributed by atoms with Crippen LogP contribution in [0.1, 0.15) is 38.7 Å². The number of carbonyl (C=O) groups excluding carboxylic acids is 3. The first-order valence-corrected chi connectivity index (χ1v) is 9.52. The first-order chi connectivity index (χ1) is 13.0. The third-order valence-corrected chi connectivity index (χ3v) is 5.11. The topological polar surface area (TPSA) is 98.7 Å². The van der Waals surface area contributed by atoms with Crippen molar-refractivity contribution >= 4 is 17.8 Å². The minimum atomic E-state index is -0.671. The maximum atomic E-state index is 12.5. The highest BCUT2D eigenvalue weighted by Crippen LogP contribution is 2.13. The fourth-order valence-electron chi connectivity index (χ4n) is 3.08. The Morgan fingerprint density at radius 3 is 2.63 bits per heavy atom. The van der Waals surface area contributed by atoms with Crippen molar-refractivity contribution < 1.29 is 19.5 Å². The smallest absolute Gasteiger partial charge is 0.324 e. The van der Waals surface area contributed by atoms with E-state index < -0.39 is 12.1 Å². The van der Waals surface area contributed by atoms with Gasteiger partial charge in [0.15, 0.2) is 0 Å². The average molecular weight is 375 g/mol. The summed E-state index contributed by atoms with van der Waals surface area (Å²) in [5, 5.41) is 14.8. The van der Waals surface area contributed by atoms with Crippen molar-refractivity contribution in [2.75, 3.05) is 13.2 Å². The van der Waals surface area contributed by atoms with Crippen LogP contribution in [0.4, 0.5) is 4.79 Å². The van der Waals surface area contributed by atoms with E-state index in [1.54, 1.807) is 0 Å². The minimum Gasteiger partial charge on any atom is -0.394 e. The number of hydrogen-bond donors (Lipinski definition) is 3. The van der Waals surface area contributed by atoms with Crippen LogP contribution in [0, 0.1) is 5.92 Å². The molecule has 0 aliphatic carbocycles. The summed E-state index contributed by atoms with van der Waals surface area (Å²) >= 11 is 0. The van der Waals surface area contributed by atoms with Crippen LogP contribution in [0.5, 0.6) is 0 Å². The Morgan fingerprint density at radius 1 is 1.30 bits per heavy atom. The quantitative estimate of drug-likeness (QED) is 0.539. The van der Waals surface area contributed by atoms with E-state index >= 15 is 0 Å². The molecule has 148 valence electrons. The molecule has 0 bridgehead atoms. The van der Waals surface area contributed by atoms with Gasteiger partial charge in [0.05, 0.1) is 12.6 Å². The number of urea groups is 1. The molecule has 4 amide bonds. The molecule has 0 unspecified atom stereocenters. The third-order valence-electron chi connectivity index (χ3n) is 5.11. The van der Waals surface area contributed by atoms with Crippen molar-refractivity contribution in [3.8, 4) is 0 Å². The largest absolute Gasteiger partial charge is 0.394 e. The lowest BCUT2D eigenvalue weighted by atomic mass is 9.99. The van der Waals surface area contributed by atoms with Crippen LogP contribution >= 0.6 is 0 Å². The third kappa shape index (κ3) is 5.79. The van der Waals surface area contributed by atoms with Crippen molar-refractivity contribution in [3.63, 3.8) is 0 Å². The zero-order valence-corrected chi connectivity index (χ0v) is 16.0. The SMILES string of the molecule is CC[C@@H](C)[C@@H](CO)NC(=O)CC[C@@H]1NC(=O)N(CCc2ccccc2)C1=O. The highest BCUT2D eigenvalue weighted by molar-refractivity contribution is 6.04. The zero-order chi connectivity index (χ0) is 19.8. The Kier molecular flexibility index (Phi) is 7.79. The Bertz CT molecular complexity index is 650. The number of amides is 4. The number of nitrogens with one attached hydrogen (secondary N) is 2. The lowest BCUT2D eigenvalue weighted by Crippen LogP contribution is -2.42. The van der Waals surface area contributed by atoms with E-state index in [-0.39, 0.29) is 43.2 Å². The number of aliphatic hydroxyl groups is 1. The fourth-order valence-corrected chi connectivity index (χ4v) is 3.08. The van der Waals surface area contributed by atoms with E-state index in [9.17, 15) is 19.5 Å². The maximum Gasteiger partial charge on any atom is 0.324 e. The van der Waals surface area contributed by atoms with Gasteiger partial charge in [-0.3, -0.25) is 14.5 Å². The van der Waals surface area contributed by atoms with Crippen molar-refractivity contribution in [3.05, 3.63) is 35.9 Å². The Morgan fingerprint density at radius 2 is 2.00 bits per heavy atom. The Balaban J connectivity index is 1.81. The molecule has 1 saturated heterocycles. The molecule has 0 spiro atoms. The molecule has 3 N–H and O–H groups in total. The number of carbonyl (C=O) groups is 3. The second-order valence-corrected chi connectivity index (χ2v) is 7.01. The summed E-state index contributed by atoms with van der Waals surface area (Å²) in [7, 11) is 0. The first-order valence-electron chi connectivity index (χ1n) is 9.52. The van der Waals surface area contributed by atoms with Gasteiger partial charge in [-0.15, -0.1) is 0 Å². The molecule has 1 aliphatic heterocycles. The predicted octanol–water partition coefficient (Wildman–Crippen LogP) is 1.45. The number of benzene rings is 1. The number of rotatable bonds is 10. The van der Waals surface area contributed by atoms with Crippen LogP contribution in [0.2, 0.25) is 0 Å². The molecule has 0 saturated carbocycles. The molecule has 0 radical (unpaired) electrons.